The number of rotatable bonds is 7. The second-order valence-corrected chi connectivity index (χ2v) is 6.79. The van der Waals surface area contributed by atoms with Crippen LogP contribution in [0.4, 0.5) is 23.2 Å². The van der Waals surface area contributed by atoms with Crippen LogP contribution in [0.25, 0.3) is 11.1 Å². The van der Waals surface area contributed by atoms with E-state index in [2.05, 4.69) is 23.2 Å². The molecule has 0 heterocycles. The van der Waals surface area contributed by atoms with E-state index < -0.39 is 17.9 Å². The highest BCUT2D eigenvalue weighted by Crippen LogP contribution is 2.35. The second-order valence-electron chi connectivity index (χ2n) is 6.79. The molecule has 31 heavy (non-hydrogen) atoms. The summed E-state index contributed by atoms with van der Waals surface area (Å²) in [5.41, 5.74) is 2.21. The van der Waals surface area contributed by atoms with Crippen LogP contribution in [0.2, 0.25) is 0 Å². The molecule has 0 aliphatic heterocycles. The third-order valence-electron chi connectivity index (χ3n) is 4.45. The van der Waals surface area contributed by atoms with Gasteiger partial charge in [-0.05, 0) is 67.3 Å². The molecule has 0 fully saturated rings. The quantitative estimate of drug-likeness (QED) is 0.270. The van der Waals surface area contributed by atoms with Crippen LogP contribution in [-0.2, 0) is 0 Å². The minimum atomic E-state index is -4.82. The Morgan fingerprint density at radius 2 is 1.84 bits per heavy atom. The van der Waals surface area contributed by atoms with Gasteiger partial charge in [0.15, 0.2) is 0 Å². The maximum absolute atomic E-state index is 15.2. The molecule has 7 heteroatoms. The molecule has 164 valence electrons. The molecule has 0 unspecified atom stereocenters. The van der Waals surface area contributed by atoms with Gasteiger partial charge in [0.1, 0.15) is 17.3 Å². The van der Waals surface area contributed by atoms with Crippen LogP contribution < -0.4 is 10.1 Å². The van der Waals surface area contributed by atoms with E-state index in [0.717, 1.165) is 0 Å². The number of alkyl halides is 3. The predicted molar refractivity (Wildman–Crippen MR) is 115 cm³/mol. The van der Waals surface area contributed by atoms with E-state index in [1.165, 1.54) is 25.1 Å². The van der Waals surface area contributed by atoms with E-state index in [1.807, 2.05) is 0 Å². The normalized spacial score (nSPS) is 12.2. The molecular formula is C24H23F4NO2. The smallest absolute Gasteiger partial charge is 0.508 e. The summed E-state index contributed by atoms with van der Waals surface area (Å²) in [5, 5.41) is 12.7. The fourth-order valence-electron chi connectivity index (χ4n) is 2.97. The molecule has 0 aliphatic carbocycles. The SMILES string of the molecule is C=C(O)/C(=C/C=C\C)C(=C)Nc1c(C)cc(-c2cccc(OC(F)(F)F)c2)c(C)c1F. The summed E-state index contributed by atoms with van der Waals surface area (Å²) in [7, 11) is 0. The van der Waals surface area contributed by atoms with E-state index >= 15 is 4.39 Å². The first-order valence-electron chi connectivity index (χ1n) is 9.28. The lowest BCUT2D eigenvalue weighted by Gasteiger charge is -2.19. The molecule has 3 nitrogen and oxygen atoms in total. The van der Waals surface area contributed by atoms with Crippen molar-refractivity contribution in [2.24, 2.45) is 0 Å². The Bertz CT molecular complexity index is 1070. The lowest BCUT2D eigenvalue weighted by atomic mass is 9.96. The number of aliphatic hydroxyl groups is 1. The third kappa shape index (κ3) is 6.01. The Labute approximate surface area is 178 Å². The van der Waals surface area contributed by atoms with E-state index in [-0.39, 0.29) is 22.7 Å². The summed E-state index contributed by atoms with van der Waals surface area (Å²) in [5.74, 6) is -1.21. The van der Waals surface area contributed by atoms with Crippen LogP contribution in [0.15, 0.2) is 78.7 Å². The summed E-state index contributed by atoms with van der Waals surface area (Å²) in [6.07, 6.45) is 0.185. The average molecular weight is 433 g/mol. The van der Waals surface area contributed by atoms with Crippen LogP contribution in [0, 0.1) is 19.7 Å². The van der Waals surface area contributed by atoms with Crippen LogP contribution in [0.1, 0.15) is 18.1 Å². The summed E-state index contributed by atoms with van der Waals surface area (Å²) in [6.45, 7) is 12.3. The number of benzene rings is 2. The Morgan fingerprint density at radius 3 is 2.42 bits per heavy atom. The molecule has 2 N–H and O–H groups in total. The number of allylic oxidation sites excluding steroid dienone is 3. The molecule has 0 atom stereocenters. The van der Waals surface area contributed by atoms with Crippen molar-refractivity contribution in [3.8, 4) is 16.9 Å². The number of hydrogen-bond donors (Lipinski definition) is 2. The Morgan fingerprint density at radius 1 is 1.16 bits per heavy atom. The van der Waals surface area contributed by atoms with Crippen molar-refractivity contribution in [2.45, 2.75) is 27.1 Å². The number of halogens is 4. The zero-order valence-electron chi connectivity index (χ0n) is 17.4. The number of anilines is 1. The van der Waals surface area contributed by atoms with Crippen molar-refractivity contribution in [1.82, 2.24) is 0 Å². The first kappa shape index (κ1) is 23.8. The number of ether oxygens (including phenoxy) is 1. The number of nitrogens with one attached hydrogen (secondary N) is 1. The van der Waals surface area contributed by atoms with Gasteiger partial charge in [0, 0.05) is 11.3 Å². The van der Waals surface area contributed by atoms with Crippen molar-refractivity contribution in [1.29, 1.82) is 0 Å². The minimum absolute atomic E-state index is 0.140. The Kier molecular flexibility index (Phi) is 7.33. The van der Waals surface area contributed by atoms with Gasteiger partial charge in [0.05, 0.1) is 5.69 Å². The van der Waals surface area contributed by atoms with Crippen molar-refractivity contribution in [3.05, 3.63) is 95.7 Å². The van der Waals surface area contributed by atoms with E-state index in [1.54, 1.807) is 44.2 Å². The van der Waals surface area contributed by atoms with Crippen LogP contribution in [0.5, 0.6) is 5.75 Å². The number of aryl methyl sites for hydroxylation is 1. The lowest BCUT2D eigenvalue weighted by Crippen LogP contribution is -2.17. The zero-order valence-corrected chi connectivity index (χ0v) is 17.4. The van der Waals surface area contributed by atoms with Crippen molar-refractivity contribution in [2.75, 3.05) is 5.32 Å². The fourth-order valence-corrected chi connectivity index (χ4v) is 2.97. The van der Waals surface area contributed by atoms with Gasteiger partial charge in [-0.2, -0.15) is 0 Å². The molecule has 0 amide bonds. The summed E-state index contributed by atoms with van der Waals surface area (Å²) in [4.78, 5) is 0. The topological polar surface area (TPSA) is 41.5 Å². The monoisotopic (exact) mass is 433 g/mol. The maximum Gasteiger partial charge on any atom is 0.573 e. The molecule has 0 saturated heterocycles. The molecule has 0 radical (unpaired) electrons. The van der Waals surface area contributed by atoms with Gasteiger partial charge in [-0.1, -0.05) is 37.4 Å². The molecule has 0 spiro atoms. The van der Waals surface area contributed by atoms with Gasteiger partial charge in [0.25, 0.3) is 0 Å². The lowest BCUT2D eigenvalue weighted by molar-refractivity contribution is -0.274. The molecule has 0 saturated carbocycles. The molecule has 2 rings (SSSR count). The second kappa shape index (κ2) is 9.55. The minimum Gasteiger partial charge on any atom is -0.508 e. The standard InChI is InChI=1S/C24H23F4NO2/c1-6-7-11-20(17(5)30)16(4)29-23-14(2)12-21(15(3)22(23)25)18-9-8-10-19(13-18)31-24(26,27)28/h6-13,29-30H,4-5H2,1-3H3/b7-6-,20-11+. The Balaban J connectivity index is 2.45. The van der Waals surface area contributed by atoms with Gasteiger partial charge in [-0.25, -0.2) is 4.39 Å². The van der Waals surface area contributed by atoms with Crippen LogP contribution in [-0.4, -0.2) is 11.5 Å². The van der Waals surface area contributed by atoms with Crippen LogP contribution in [0.3, 0.4) is 0 Å². The highest BCUT2D eigenvalue weighted by molar-refractivity contribution is 5.75. The van der Waals surface area contributed by atoms with E-state index in [4.69, 9.17) is 0 Å². The third-order valence-corrected chi connectivity index (χ3v) is 4.45. The predicted octanol–water partition coefficient (Wildman–Crippen LogP) is 7.51. The molecule has 2 aromatic carbocycles. The van der Waals surface area contributed by atoms with Gasteiger partial charge in [0.2, 0.25) is 0 Å². The summed E-state index contributed by atoms with van der Waals surface area (Å²) >= 11 is 0. The van der Waals surface area contributed by atoms with Crippen molar-refractivity contribution >= 4 is 5.69 Å². The van der Waals surface area contributed by atoms with Gasteiger partial charge >= 0.3 is 6.36 Å². The van der Waals surface area contributed by atoms with Crippen LogP contribution >= 0.6 is 0 Å². The van der Waals surface area contributed by atoms with E-state index in [0.29, 0.717) is 22.3 Å². The maximum atomic E-state index is 15.2. The largest absolute Gasteiger partial charge is 0.573 e. The molecule has 0 aromatic heterocycles. The highest BCUT2D eigenvalue weighted by Gasteiger charge is 2.31. The molecule has 0 bridgehead atoms. The van der Waals surface area contributed by atoms with Gasteiger partial charge in [-0.15, -0.1) is 13.2 Å². The molecule has 0 aliphatic rings. The van der Waals surface area contributed by atoms with Gasteiger partial charge in [-0.3, -0.25) is 0 Å². The highest BCUT2D eigenvalue weighted by atomic mass is 19.4. The number of aliphatic hydroxyl groups excluding tert-OH is 1. The van der Waals surface area contributed by atoms with Crippen molar-refractivity contribution < 1.29 is 27.4 Å². The average Bonchev–Trinajstić information content (AvgIpc) is 2.67. The first-order valence-corrected chi connectivity index (χ1v) is 9.28. The van der Waals surface area contributed by atoms with E-state index in [9.17, 15) is 18.3 Å². The Hall–Kier alpha value is -3.48. The van der Waals surface area contributed by atoms with Gasteiger partial charge < -0.3 is 15.2 Å². The fraction of sp³-hybridized carbons (Fsp3) is 0.167. The summed E-state index contributed by atoms with van der Waals surface area (Å²) in [6, 6.07) is 7.01. The first-order chi connectivity index (χ1) is 14.4. The summed E-state index contributed by atoms with van der Waals surface area (Å²) < 4.78 is 56.8. The van der Waals surface area contributed by atoms with Crippen molar-refractivity contribution in [3.63, 3.8) is 0 Å². The zero-order chi connectivity index (χ0) is 23.3. The number of hydrogen-bond acceptors (Lipinski definition) is 3. The molecular weight excluding hydrogens is 410 g/mol. The molecule has 2 aromatic rings.